The first-order chi connectivity index (χ1) is 25.7. The second-order valence-electron chi connectivity index (χ2n) is 12.2. The molecule has 4 aromatic heterocycles. The van der Waals surface area contributed by atoms with Gasteiger partial charge in [-0.15, -0.1) is 0 Å². The summed E-state index contributed by atoms with van der Waals surface area (Å²) in [5.74, 6) is -4.95. The lowest BCUT2D eigenvalue weighted by molar-refractivity contribution is -0.138. The number of hydrogen-bond acceptors (Lipinski definition) is 11. The van der Waals surface area contributed by atoms with Crippen molar-refractivity contribution in [1.82, 2.24) is 19.6 Å². The maximum absolute atomic E-state index is 13.8. The SMILES string of the molecule is CCOC(=O)c1oc2ccc3cn(C[C@H]4COCCO4)nc3c2c1C(F)(F)F.O=C(O)c1oc2ccc3cn(C[C@H]4COCCO4)nc3c2c1C(F)(F)F. The highest BCUT2D eigenvalue weighted by Gasteiger charge is 2.43. The van der Waals surface area contributed by atoms with E-state index >= 15 is 0 Å². The van der Waals surface area contributed by atoms with Crippen LogP contribution in [0.2, 0.25) is 0 Å². The molecule has 0 spiro atoms. The van der Waals surface area contributed by atoms with Gasteiger partial charge in [-0.1, -0.05) is 0 Å². The quantitative estimate of drug-likeness (QED) is 0.143. The Hall–Kier alpha value is -5.18. The standard InChI is InChI=1S/C18H17F3N2O5.C16H13F3N2O5/c1-2-26-17(24)16-14(18(19,20)21)13-12(28-16)4-3-10-7-23(22-15(10)13)8-11-9-25-5-6-27-11;17-16(18,19)12-11-10(26-14(12)15(22)23)2-1-8-5-21(20-13(8)11)6-9-7-24-3-4-25-9/h3-4,7,11H,2,5-6,8-9H2,1H3;1-2,5,9H,3-4,6-7H2,(H,22,23)/t11-;9-/m00/s1. The summed E-state index contributed by atoms with van der Waals surface area (Å²) in [6.45, 7) is 4.74. The van der Waals surface area contributed by atoms with Crippen LogP contribution in [0.25, 0.3) is 43.7 Å². The van der Waals surface area contributed by atoms with Gasteiger partial charge >= 0.3 is 24.3 Å². The number of esters is 1. The number of carbonyl (C=O) groups excluding carboxylic acids is 1. The first-order valence-electron chi connectivity index (χ1n) is 16.5. The van der Waals surface area contributed by atoms with Gasteiger partial charge in [-0.25, -0.2) is 9.59 Å². The first-order valence-corrected chi connectivity index (χ1v) is 16.5. The van der Waals surface area contributed by atoms with Gasteiger partial charge < -0.3 is 37.6 Å². The Morgan fingerprint density at radius 3 is 1.63 bits per heavy atom. The minimum Gasteiger partial charge on any atom is -0.475 e. The van der Waals surface area contributed by atoms with Gasteiger partial charge in [0, 0.05) is 23.2 Å². The van der Waals surface area contributed by atoms with Crippen LogP contribution in [0, 0.1) is 0 Å². The van der Waals surface area contributed by atoms with Crippen LogP contribution in [0.5, 0.6) is 0 Å². The fourth-order valence-electron chi connectivity index (χ4n) is 6.36. The van der Waals surface area contributed by atoms with Gasteiger partial charge in [0.1, 0.15) is 45.5 Å². The van der Waals surface area contributed by atoms with Crippen molar-refractivity contribution in [3.63, 3.8) is 0 Å². The lowest BCUT2D eigenvalue weighted by Gasteiger charge is -2.22. The van der Waals surface area contributed by atoms with Crippen molar-refractivity contribution in [2.75, 3.05) is 46.2 Å². The molecule has 0 radical (unpaired) electrons. The maximum atomic E-state index is 13.8. The summed E-state index contributed by atoms with van der Waals surface area (Å²) in [6.07, 6.45) is -6.98. The monoisotopic (exact) mass is 768 g/mol. The molecule has 2 aliphatic heterocycles. The van der Waals surface area contributed by atoms with E-state index in [2.05, 4.69) is 10.2 Å². The Kier molecular flexibility index (Phi) is 10.0. The molecule has 1 N–H and O–H groups in total. The molecule has 6 heterocycles. The van der Waals surface area contributed by atoms with E-state index < -0.39 is 46.9 Å². The van der Waals surface area contributed by atoms with E-state index in [9.17, 15) is 35.9 Å². The van der Waals surface area contributed by atoms with Crippen molar-refractivity contribution in [1.29, 1.82) is 0 Å². The number of carboxylic acid groups (broad SMARTS) is 1. The number of fused-ring (bicyclic) bond motifs is 6. The molecule has 0 amide bonds. The summed E-state index contributed by atoms with van der Waals surface area (Å²) < 4.78 is 121. The number of rotatable bonds is 7. The predicted molar refractivity (Wildman–Crippen MR) is 173 cm³/mol. The summed E-state index contributed by atoms with van der Waals surface area (Å²) in [5.41, 5.74) is -2.62. The zero-order chi connectivity index (χ0) is 38.4. The van der Waals surface area contributed by atoms with Gasteiger partial charge in [-0.3, -0.25) is 9.36 Å². The minimum absolute atomic E-state index is 0.0304. The summed E-state index contributed by atoms with van der Waals surface area (Å²) in [4.78, 5) is 23.2. The molecule has 288 valence electrons. The highest BCUT2D eigenvalue weighted by Crippen LogP contribution is 2.43. The van der Waals surface area contributed by atoms with Gasteiger partial charge in [-0.2, -0.15) is 36.5 Å². The van der Waals surface area contributed by atoms with Gasteiger partial charge in [0.25, 0.3) is 0 Å². The largest absolute Gasteiger partial charge is 0.475 e. The molecule has 0 saturated carbocycles. The molecular formula is C34H30F6N4O10. The number of ether oxygens (including phenoxy) is 5. The van der Waals surface area contributed by atoms with Crippen molar-refractivity contribution in [3.8, 4) is 0 Å². The van der Waals surface area contributed by atoms with Crippen LogP contribution in [0.1, 0.15) is 39.2 Å². The molecule has 6 aromatic rings. The molecule has 2 fully saturated rings. The van der Waals surface area contributed by atoms with E-state index in [0.717, 1.165) is 0 Å². The van der Waals surface area contributed by atoms with Crippen LogP contribution >= 0.6 is 0 Å². The molecule has 8 rings (SSSR count). The minimum atomic E-state index is -4.89. The summed E-state index contributed by atoms with van der Waals surface area (Å²) >= 11 is 0. The average molecular weight is 769 g/mol. The van der Waals surface area contributed by atoms with E-state index in [1.165, 1.54) is 34.5 Å². The first kappa shape index (κ1) is 37.1. The van der Waals surface area contributed by atoms with E-state index in [0.29, 0.717) is 63.5 Å². The number of aromatic nitrogens is 4. The van der Waals surface area contributed by atoms with Crippen LogP contribution in [0.15, 0.2) is 45.5 Å². The van der Waals surface area contributed by atoms with Crippen molar-refractivity contribution < 1.29 is 73.6 Å². The molecule has 2 aliphatic rings. The lowest BCUT2D eigenvalue weighted by Crippen LogP contribution is -2.32. The fraction of sp³-hybridized carbons (Fsp3) is 0.412. The Bertz CT molecular complexity index is 2330. The molecule has 2 aromatic carbocycles. The van der Waals surface area contributed by atoms with E-state index in [1.54, 1.807) is 18.5 Å². The third-order valence-electron chi connectivity index (χ3n) is 8.53. The number of halogens is 6. The molecule has 0 aliphatic carbocycles. The van der Waals surface area contributed by atoms with Gasteiger partial charge in [0.2, 0.25) is 11.5 Å². The number of hydrogen-bond donors (Lipinski definition) is 1. The van der Waals surface area contributed by atoms with Gasteiger partial charge in [-0.05, 0) is 31.2 Å². The number of aromatic carboxylic acids is 1. The van der Waals surface area contributed by atoms with Crippen molar-refractivity contribution in [2.45, 2.75) is 44.6 Å². The molecule has 2 atom stereocenters. The number of carboxylic acids is 1. The van der Waals surface area contributed by atoms with Crippen molar-refractivity contribution in [2.24, 2.45) is 0 Å². The van der Waals surface area contributed by atoms with Crippen LogP contribution in [-0.4, -0.2) is 95.1 Å². The summed E-state index contributed by atoms with van der Waals surface area (Å²) in [5, 5.41) is 17.9. The molecule has 20 heteroatoms. The highest BCUT2D eigenvalue weighted by atomic mass is 19.4. The van der Waals surface area contributed by atoms with Crippen LogP contribution in [-0.2, 0) is 49.1 Å². The summed E-state index contributed by atoms with van der Waals surface area (Å²) in [6, 6.07) is 5.83. The third kappa shape index (κ3) is 7.33. The third-order valence-corrected chi connectivity index (χ3v) is 8.53. The molecule has 54 heavy (non-hydrogen) atoms. The van der Waals surface area contributed by atoms with E-state index in [-0.39, 0.29) is 51.8 Å². The highest BCUT2D eigenvalue weighted by molar-refractivity contribution is 6.10. The fourth-order valence-corrected chi connectivity index (χ4v) is 6.36. The Morgan fingerprint density at radius 1 is 0.759 bits per heavy atom. The zero-order valence-corrected chi connectivity index (χ0v) is 28.2. The molecule has 0 unspecified atom stereocenters. The van der Waals surface area contributed by atoms with Gasteiger partial charge in [0.05, 0.1) is 70.1 Å². The van der Waals surface area contributed by atoms with Gasteiger partial charge in [0.15, 0.2) is 0 Å². The topological polar surface area (TPSA) is 162 Å². The average Bonchev–Trinajstić information content (AvgIpc) is 3.90. The number of carbonyl (C=O) groups is 2. The number of nitrogens with zero attached hydrogens (tertiary/aromatic N) is 4. The number of alkyl halides is 6. The zero-order valence-electron chi connectivity index (χ0n) is 28.2. The summed E-state index contributed by atoms with van der Waals surface area (Å²) in [7, 11) is 0. The lowest BCUT2D eigenvalue weighted by atomic mass is 10.1. The van der Waals surface area contributed by atoms with Crippen LogP contribution in [0.3, 0.4) is 0 Å². The van der Waals surface area contributed by atoms with E-state index in [4.69, 9.17) is 37.6 Å². The van der Waals surface area contributed by atoms with Crippen molar-refractivity contribution in [3.05, 3.63) is 59.3 Å². The van der Waals surface area contributed by atoms with Crippen molar-refractivity contribution >= 4 is 55.7 Å². The molecule has 14 nitrogen and oxygen atoms in total. The molecular weight excluding hydrogens is 738 g/mol. The second kappa shape index (κ2) is 14.6. The Balaban J connectivity index is 0.000000167. The second-order valence-corrected chi connectivity index (χ2v) is 12.2. The molecule has 2 saturated heterocycles. The Morgan fingerprint density at radius 2 is 1.22 bits per heavy atom. The smallest absolute Gasteiger partial charge is 0.421 e. The predicted octanol–water partition coefficient (Wildman–Crippen LogP) is 6.31. The van der Waals surface area contributed by atoms with Crippen LogP contribution < -0.4 is 0 Å². The van der Waals surface area contributed by atoms with Crippen LogP contribution in [0.4, 0.5) is 26.3 Å². The molecule has 0 bridgehead atoms. The Labute approximate surface area is 299 Å². The number of furan rings is 2. The van der Waals surface area contributed by atoms with E-state index in [1.807, 2.05) is 0 Å². The number of benzene rings is 2. The normalized spacial score (nSPS) is 18.4. The maximum Gasteiger partial charge on any atom is 0.421 e.